The van der Waals surface area contributed by atoms with E-state index in [0.29, 0.717) is 0 Å². The molecular weight excluding hydrogens is 128 g/mol. The molecule has 0 spiro atoms. The van der Waals surface area contributed by atoms with Crippen molar-refractivity contribution >= 4 is 0 Å². The lowest BCUT2D eigenvalue weighted by Crippen LogP contribution is -2.10. The summed E-state index contributed by atoms with van der Waals surface area (Å²) in [4.78, 5) is 0. The van der Waals surface area contributed by atoms with E-state index in [-0.39, 0.29) is 11.6 Å². The van der Waals surface area contributed by atoms with E-state index in [9.17, 15) is 0 Å². The Morgan fingerprint density at radius 3 is 2.50 bits per heavy atom. The number of rotatable bonds is 3. The van der Waals surface area contributed by atoms with Gasteiger partial charge >= 0.3 is 0 Å². The fourth-order valence-electron chi connectivity index (χ4n) is 0.458. The molecule has 0 unspecified atom stereocenters. The first-order valence-electron chi connectivity index (χ1n) is 3.29. The van der Waals surface area contributed by atoms with Gasteiger partial charge < -0.3 is 16.6 Å². The lowest BCUT2D eigenvalue weighted by atomic mass is 10.3. The fourth-order valence-corrected chi connectivity index (χ4v) is 0.458. The molecule has 5 N–H and O–H groups in total. The van der Waals surface area contributed by atoms with E-state index in [2.05, 4.69) is 6.92 Å². The Morgan fingerprint density at radius 1 is 1.50 bits per heavy atom. The zero-order valence-electron chi connectivity index (χ0n) is 6.17. The van der Waals surface area contributed by atoms with Crippen LogP contribution in [0.4, 0.5) is 0 Å². The number of nitrogens with two attached hydrogens (primary N) is 2. The summed E-state index contributed by atoms with van der Waals surface area (Å²) in [6, 6.07) is 0. The van der Waals surface area contributed by atoms with Crippen LogP contribution >= 0.6 is 0 Å². The predicted octanol–water partition coefficient (Wildman–Crippen LogP) is 0.987. The zero-order chi connectivity index (χ0) is 7.98. The van der Waals surface area contributed by atoms with Crippen molar-refractivity contribution in [2.75, 3.05) is 0 Å². The lowest BCUT2D eigenvalue weighted by Gasteiger charge is -1.92. The van der Waals surface area contributed by atoms with Crippen LogP contribution in [0.3, 0.4) is 0 Å². The molecule has 0 aromatic carbocycles. The summed E-state index contributed by atoms with van der Waals surface area (Å²) in [5.41, 5.74) is 10.1. The molecule has 0 aromatic heterocycles. The van der Waals surface area contributed by atoms with Crippen LogP contribution in [0.1, 0.15) is 19.8 Å². The van der Waals surface area contributed by atoms with Gasteiger partial charge in [0.2, 0.25) is 0 Å². The number of aliphatic hydroxyl groups is 1. The van der Waals surface area contributed by atoms with Gasteiger partial charge in [0.1, 0.15) is 5.82 Å². The van der Waals surface area contributed by atoms with E-state index in [1.54, 1.807) is 0 Å². The van der Waals surface area contributed by atoms with Crippen molar-refractivity contribution in [2.24, 2.45) is 11.5 Å². The second kappa shape index (κ2) is 4.73. The Bertz CT molecular complexity index is 146. The van der Waals surface area contributed by atoms with Crippen LogP contribution < -0.4 is 11.5 Å². The number of aliphatic hydroxyl groups excluding tert-OH is 1. The highest BCUT2D eigenvalue weighted by Gasteiger charge is 1.87. The molecular formula is C7H14N2O. The van der Waals surface area contributed by atoms with Crippen molar-refractivity contribution < 1.29 is 5.11 Å². The molecule has 0 radical (unpaired) electrons. The minimum absolute atomic E-state index is 0.0349. The Kier molecular flexibility index (Phi) is 4.20. The molecule has 10 heavy (non-hydrogen) atoms. The zero-order valence-corrected chi connectivity index (χ0v) is 6.17. The van der Waals surface area contributed by atoms with Gasteiger partial charge in [0.15, 0.2) is 5.76 Å². The predicted molar refractivity (Wildman–Crippen MR) is 42.1 cm³/mol. The van der Waals surface area contributed by atoms with Gasteiger partial charge in [-0.3, -0.25) is 0 Å². The topological polar surface area (TPSA) is 72.3 Å². The van der Waals surface area contributed by atoms with Crippen molar-refractivity contribution in [2.45, 2.75) is 19.8 Å². The highest BCUT2D eigenvalue weighted by atomic mass is 16.3. The molecule has 0 aliphatic heterocycles. The molecule has 0 heterocycles. The molecule has 3 nitrogen and oxygen atoms in total. The van der Waals surface area contributed by atoms with Gasteiger partial charge in [0.05, 0.1) is 0 Å². The minimum atomic E-state index is -0.0477. The van der Waals surface area contributed by atoms with Crippen LogP contribution in [0.2, 0.25) is 0 Å². The molecule has 0 fully saturated rings. The van der Waals surface area contributed by atoms with Gasteiger partial charge in [0, 0.05) is 0 Å². The summed E-state index contributed by atoms with van der Waals surface area (Å²) in [5.74, 6) is -0.0826. The van der Waals surface area contributed by atoms with Gasteiger partial charge in [0.25, 0.3) is 0 Å². The van der Waals surface area contributed by atoms with E-state index in [1.807, 2.05) is 6.08 Å². The van der Waals surface area contributed by atoms with Gasteiger partial charge in [-0.1, -0.05) is 19.4 Å². The summed E-state index contributed by atoms with van der Waals surface area (Å²) in [6.07, 6.45) is 5.32. The number of allylic oxidation sites excluding steroid dienone is 2. The van der Waals surface area contributed by atoms with Crippen molar-refractivity contribution in [3.8, 4) is 0 Å². The van der Waals surface area contributed by atoms with E-state index in [0.717, 1.165) is 12.8 Å². The quantitative estimate of drug-likeness (QED) is 0.406. The molecule has 58 valence electrons. The highest BCUT2D eigenvalue weighted by molar-refractivity contribution is 5.13. The molecule has 3 heteroatoms. The van der Waals surface area contributed by atoms with Crippen LogP contribution in [-0.2, 0) is 0 Å². The van der Waals surface area contributed by atoms with Crippen LogP contribution in [-0.4, -0.2) is 5.11 Å². The van der Waals surface area contributed by atoms with E-state index in [4.69, 9.17) is 16.6 Å². The molecule has 0 aromatic rings. The summed E-state index contributed by atoms with van der Waals surface area (Å²) < 4.78 is 0. The van der Waals surface area contributed by atoms with Crippen LogP contribution in [0, 0.1) is 0 Å². The SMILES string of the molecule is CCC/C=C\C(O)=C(N)N. The molecule has 0 bridgehead atoms. The smallest absolute Gasteiger partial charge is 0.154 e. The van der Waals surface area contributed by atoms with Crippen LogP contribution in [0.5, 0.6) is 0 Å². The third-order valence-corrected chi connectivity index (χ3v) is 1.03. The van der Waals surface area contributed by atoms with Gasteiger partial charge in [-0.25, -0.2) is 0 Å². The van der Waals surface area contributed by atoms with Gasteiger partial charge in [-0.2, -0.15) is 0 Å². The molecule has 0 atom stereocenters. The average molecular weight is 142 g/mol. The number of hydrogen-bond donors (Lipinski definition) is 3. The average Bonchev–Trinajstić information content (AvgIpc) is 1.88. The second-order valence-electron chi connectivity index (χ2n) is 2.03. The van der Waals surface area contributed by atoms with Crippen molar-refractivity contribution in [1.29, 1.82) is 0 Å². The molecule has 0 saturated heterocycles. The van der Waals surface area contributed by atoms with Crippen LogP contribution in [0.25, 0.3) is 0 Å². The van der Waals surface area contributed by atoms with E-state index < -0.39 is 0 Å². The summed E-state index contributed by atoms with van der Waals surface area (Å²) >= 11 is 0. The Labute approximate surface area is 61.0 Å². The first-order valence-corrected chi connectivity index (χ1v) is 3.29. The Hall–Kier alpha value is -1.12. The number of hydrogen-bond acceptors (Lipinski definition) is 3. The Balaban J connectivity index is 3.78. The van der Waals surface area contributed by atoms with E-state index in [1.165, 1.54) is 6.08 Å². The first kappa shape index (κ1) is 8.88. The maximum absolute atomic E-state index is 8.90. The molecule has 0 rings (SSSR count). The van der Waals surface area contributed by atoms with Gasteiger partial charge in [-0.15, -0.1) is 0 Å². The van der Waals surface area contributed by atoms with Crippen LogP contribution in [0.15, 0.2) is 23.7 Å². The summed E-state index contributed by atoms with van der Waals surface area (Å²) in [5, 5.41) is 8.90. The maximum Gasteiger partial charge on any atom is 0.154 e. The first-order chi connectivity index (χ1) is 4.68. The van der Waals surface area contributed by atoms with Crippen molar-refractivity contribution in [1.82, 2.24) is 0 Å². The molecule has 0 amide bonds. The molecule has 0 aliphatic rings. The Morgan fingerprint density at radius 2 is 2.10 bits per heavy atom. The van der Waals surface area contributed by atoms with Crippen molar-refractivity contribution in [3.05, 3.63) is 23.7 Å². The van der Waals surface area contributed by atoms with Crippen molar-refractivity contribution in [3.63, 3.8) is 0 Å². The standard InChI is InChI=1S/C7H14N2O/c1-2-3-4-5-6(10)7(8)9/h4-5,10H,2-3,8-9H2,1H3/b5-4-. The monoisotopic (exact) mass is 142 g/mol. The summed E-state index contributed by atoms with van der Waals surface area (Å²) in [6.45, 7) is 2.05. The second-order valence-corrected chi connectivity index (χ2v) is 2.03. The van der Waals surface area contributed by atoms with Gasteiger partial charge in [-0.05, 0) is 12.5 Å². The highest BCUT2D eigenvalue weighted by Crippen LogP contribution is 1.94. The molecule has 0 saturated carbocycles. The minimum Gasteiger partial charge on any atom is -0.504 e. The normalized spacial score (nSPS) is 10.1. The van der Waals surface area contributed by atoms with E-state index >= 15 is 0 Å². The molecule has 0 aliphatic carbocycles. The third kappa shape index (κ3) is 3.83. The lowest BCUT2D eigenvalue weighted by molar-refractivity contribution is 0.423. The fraction of sp³-hybridized carbons (Fsp3) is 0.429. The third-order valence-electron chi connectivity index (χ3n) is 1.03. The largest absolute Gasteiger partial charge is 0.504 e. The summed E-state index contributed by atoms with van der Waals surface area (Å²) in [7, 11) is 0. The number of unbranched alkanes of at least 4 members (excludes halogenated alkanes) is 1. The maximum atomic E-state index is 8.90.